The van der Waals surface area contributed by atoms with Crippen LogP contribution in [0.2, 0.25) is 0 Å². The minimum absolute atomic E-state index is 0.00811. The molecule has 2 bridgehead atoms. The summed E-state index contributed by atoms with van der Waals surface area (Å²) in [5.74, 6) is -0.501. The maximum absolute atomic E-state index is 13.0. The first-order valence-corrected chi connectivity index (χ1v) is 9.69. The van der Waals surface area contributed by atoms with Crippen LogP contribution in [-0.4, -0.2) is 17.7 Å². The zero-order chi connectivity index (χ0) is 19.0. The van der Waals surface area contributed by atoms with E-state index in [9.17, 15) is 23.2 Å². The zero-order valence-electron chi connectivity index (χ0n) is 14.4. The average molecular weight is 383 g/mol. The molecule has 3 fully saturated rings. The van der Waals surface area contributed by atoms with Crippen LogP contribution in [0.1, 0.15) is 54.4 Å². The molecule has 4 rings (SSSR count). The molecule has 8 heteroatoms. The first-order valence-electron chi connectivity index (χ1n) is 8.47. The zero-order valence-corrected chi connectivity index (χ0v) is 15.2. The quantitative estimate of drug-likeness (QED) is 0.737. The second kappa shape index (κ2) is 6.69. The van der Waals surface area contributed by atoms with Gasteiger partial charge < -0.3 is 10.0 Å². The molecule has 1 aromatic carbocycles. The number of fused-ring (bicyclic) bond motifs is 3. The van der Waals surface area contributed by atoms with Crippen LogP contribution in [0.15, 0.2) is 18.2 Å². The number of carbonyl (C=O) groups is 1. The lowest BCUT2D eigenvalue weighted by atomic mass is 9.58. The average Bonchev–Trinajstić information content (AvgIpc) is 2.62. The Kier molecular flexibility index (Phi) is 4.86. The molecule has 1 amide bonds. The molecule has 0 saturated heterocycles. The van der Waals surface area contributed by atoms with Crippen molar-refractivity contribution in [1.82, 2.24) is 5.32 Å². The first kappa shape index (κ1) is 18.9. The van der Waals surface area contributed by atoms with Crippen molar-refractivity contribution >= 4 is 23.5 Å². The van der Waals surface area contributed by atoms with Crippen molar-refractivity contribution in [3.63, 3.8) is 0 Å². The van der Waals surface area contributed by atoms with Gasteiger partial charge in [0.2, 0.25) is 0 Å². The molecule has 0 aliphatic heterocycles. The Morgan fingerprint density at radius 2 is 1.81 bits per heavy atom. The highest BCUT2D eigenvalue weighted by molar-refractivity contribution is 7.99. The third-order valence-electron chi connectivity index (χ3n) is 5.67. The van der Waals surface area contributed by atoms with Gasteiger partial charge in [0.25, 0.3) is 5.91 Å². The van der Waals surface area contributed by atoms with Gasteiger partial charge in [0.1, 0.15) is 0 Å². The molecule has 4 nitrogen and oxygen atoms in total. The van der Waals surface area contributed by atoms with Gasteiger partial charge in [0.05, 0.1) is 28.3 Å². The van der Waals surface area contributed by atoms with Gasteiger partial charge in [-0.15, -0.1) is 0 Å². The van der Waals surface area contributed by atoms with Gasteiger partial charge in [0, 0.05) is 11.8 Å². The predicted molar refractivity (Wildman–Crippen MR) is 94.5 cm³/mol. The van der Waals surface area contributed by atoms with Gasteiger partial charge in [0.15, 0.2) is 0 Å². The normalized spacial score (nSPS) is 27.7. The van der Waals surface area contributed by atoms with Crippen LogP contribution in [0.3, 0.4) is 0 Å². The predicted octanol–water partition coefficient (Wildman–Crippen LogP) is 4.74. The van der Waals surface area contributed by atoms with E-state index in [1.54, 1.807) is 6.26 Å². The molecular formula is C18H20F3N3OS. The van der Waals surface area contributed by atoms with Crippen LogP contribution in [0, 0.1) is 16.7 Å². The van der Waals surface area contributed by atoms with Crippen molar-refractivity contribution in [1.29, 1.82) is 5.26 Å². The Hall–Kier alpha value is -1.88. The largest absolute Gasteiger partial charge is 0.416 e. The lowest BCUT2D eigenvalue weighted by molar-refractivity contribution is -0.137. The number of anilines is 1. The van der Waals surface area contributed by atoms with Crippen molar-refractivity contribution in [2.24, 2.45) is 5.41 Å². The number of hydrogen-bond acceptors (Lipinski definition) is 4. The summed E-state index contributed by atoms with van der Waals surface area (Å²) in [6, 6.07) is 5.56. The van der Waals surface area contributed by atoms with Crippen molar-refractivity contribution in [2.45, 2.75) is 50.2 Å². The van der Waals surface area contributed by atoms with Crippen LogP contribution >= 0.6 is 11.9 Å². The minimum Gasteiger partial charge on any atom is -0.347 e. The van der Waals surface area contributed by atoms with E-state index in [4.69, 9.17) is 0 Å². The number of alkyl halides is 3. The number of nitrogens with one attached hydrogen (secondary N) is 2. The van der Waals surface area contributed by atoms with Crippen molar-refractivity contribution in [3.8, 4) is 6.07 Å². The number of amides is 1. The molecule has 2 N–H and O–H groups in total. The fourth-order valence-electron chi connectivity index (χ4n) is 3.96. The highest BCUT2D eigenvalue weighted by atomic mass is 32.2. The summed E-state index contributed by atoms with van der Waals surface area (Å²) in [6.45, 7) is 0. The third-order valence-corrected chi connectivity index (χ3v) is 6.09. The Labute approximate surface area is 154 Å². The second-order valence-corrected chi connectivity index (χ2v) is 7.80. The van der Waals surface area contributed by atoms with E-state index < -0.39 is 23.2 Å². The molecule has 3 aliphatic rings. The molecule has 0 radical (unpaired) electrons. The number of rotatable bonds is 4. The number of nitrogens with zero attached hydrogens (tertiary/aromatic N) is 1. The Balaban J connectivity index is 1.84. The Bertz CT molecular complexity index is 732. The summed E-state index contributed by atoms with van der Waals surface area (Å²) in [5.41, 5.74) is -1.19. The van der Waals surface area contributed by atoms with Gasteiger partial charge in [-0.1, -0.05) is 11.9 Å². The molecule has 0 spiro atoms. The van der Waals surface area contributed by atoms with Gasteiger partial charge in [-0.25, -0.2) is 0 Å². The van der Waals surface area contributed by atoms with E-state index in [-0.39, 0.29) is 11.0 Å². The number of nitriles is 1. The fourth-order valence-corrected chi connectivity index (χ4v) is 4.35. The van der Waals surface area contributed by atoms with E-state index >= 15 is 0 Å². The summed E-state index contributed by atoms with van der Waals surface area (Å²) in [4.78, 5) is 12.8. The van der Waals surface area contributed by atoms with Crippen LogP contribution in [0.25, 0.3) is 0 Å². The molecule has 140 valence electrons. The van der Waals surface area contributed by atoms with E-state index in [2.05, 4.69) is 16.1 Å². The van der Waals surface area contributed by atoms with E-state index in [1.807, 2.05) is 0 Å². The van der Waals surface area contributed by atoms with Crippen molar-refractivity contribution < 1.29 is 18.0 Å². The van der Waals surface area contributed by atoms with E-state index in [0.29, 0.717) is 24.9 Å². The van der Waals surface area contributed by atoms with Gasteiger partial charge in [-0.05, 0) is 56.7 Å². The summed E-state index contributed by atoms with van der Waals surface area (Å²) < 4.78 is 42.0. The van der Waals surface area contributed by atoms with Crippen LogP contribution in [0.4, 0.5) is 18.9 Å². The van der Waals surface area contributed by atoms with E-state index in [1.165, 1.54) is 18.0 Å². The molecule has 0 unspecified atom stereocenters. The lowest BCUT2D eigenvalue weighted by Gasteiger charge is -2.50. The third kappa shape index (κ3) is 3.50. The topological polar surface area (TPSA) is 64.9 Å². The Morgan fingerprint density at radius 3 is 2.31 bits per heavy atom. The van der Waals surface area contributed by atoms with Crippen molar-refractivity contribution in [2.75, 3.05) is 11.0 Å². The molecular weight excluding hydrogens is 363 g/mol. The van der Waals surface area contributed by atoms with Gasteiger partial charge >= 0.3 is 6.18 Å². The van der Waals surface area contributed by atoms with Gasteiger partial charge in [-0.2, -0.15) is 18.4 Å². The van der Waals surface area contributed by atoms with Crippen LogP contribution in [-0.2, 0) is 6.18 Å². The summed E-state index contributed by atoms with van der Waals surface area (Å²) in [5, 5.41) is 12.3. The minimum atomic E-state index is -4.51. The van der Waals surface area contributed by atoms with Crippen LogP contribution in [0.5, 0.6) is 0 Å². The maximum Gasteiger partial charge on any atom is 0.416 e. The summed E-state index contributed by atoms with van der Waals surface area (Å²) in [7, 11) is 0. The molecule has 26 heavy (non-hydrogen) atoms. The number of hydrogen-bond donors (Lipinski definition) is 2. The molecule has 3 aliphatic carbocycles. The molecule has 3 saturated carbocycles. The van der Waals surface area contributed by atoms with Crippen LogP contribution < -0.4 is 10.0 Å². The number of carbonyl (C=O) groups excluding carboxylic acids is 1. The smallest absolute Gasteiger partial charge is 0.347 e. The summed E-state index contributed by atoms with van der Waals surface area (Å²) in [6.07, 6.45) is 1.48. The Morgan fingerprint density at radius 1 is 1.19 bits per heavy atom. The molecule has 1 aromatic rings. The highest BCUT2D eigenvalue weighted by Crippen LogP contribution is 2.52. The fraction of sp³-hybridized carbons (Fsp3) is 0.556. The van der Waals surface area contributed by atoms with E-state index in [0.717, 1.165) is 31.4 Å². The second-order valence-electron chi connectivity index (χ2n) is 7.19. The van der Waals surface area contributed by atoms with Gasteiger partial charge in [-0.3, -0.25) is 4.79 Å². The molecule has 0 atom stereocenters. The number of benzene rings is 1. The molecule has 0 heterocycles. The van der Waals surface area contributed by atoms with Crippen molar-refractivity contribution in [3.05, 3.63) is 29.3 Å². The maximum atomic E-state index is 13.0. The first-order chi connectivity index (χ1) is 12.2. The standard InChI is InChI=1S/C18H20F3N3OS/c1-26-24-14-3-2-12(18(19,20)21)10-13(14)15(25)23-17-7-4-16(11-22,5-8-17)6-9-17/h2-3,10,24H,4-9H2,1H3,(H,23,25). The number of halogens is 3. The monoisotopic (exact) mass is 383 g/mol. The highest BCUT2D eigenvalue weighted by Gasteiger charge is 2.49. The lowest BCUT2D eigenvalue weighted by Crippen LogP contribution is -2.56. The molecule has 0 aromatic heterocycles. The summed E-state index contributed by atoms with van der Waals surface area (Å²) >= 11 is 1.21. The SMILES string of the molecule is CSNc1ccc(C(F)(F)F)cc1C(=O)NC12CCC(C#N)(CC1)CC2.